The van der Waals surface area contributed by atoms with E-state index in [1.54, 1.807) is 0 Å². The Bertz CT molecular complexity index is 3130. The van der Waals surface area contributed by atoms with E-state index in [1.165, 1.54) is 63.3 Å². The van der Waals surface area contributed by atoms with E-state index >= 15 is 0 Å². The van der Waals surface area contributed by atoms with Crippen LogP contribution >= 0.6 is 11.3 Å². The predicted molar refractivity (Wildman–Crippen MR) is 211 cm³/mol. The van der Waals surface area contributed by atoms with E-state index in [9.17, 15) is 0 Å². The third-order valence-electron chi connectivity index (χ3n) is 10.2. The summed E-state index contributed by atoms with van der Waals surface area (Å²) in [5.41, 5.74) is 5.13. The summed E-state index contributed by atoms with van der Waals surface area (Å²) in [6, 6.07) is 59.7. The summed E-state index contributed by atoms with van der Waals surface area (Å²) in [6.45, 7) is 0. The SMILES string of the molecule is c1ccc2c(c1)ccc1ccc(N(c3ccc4sc5c6ccccc6ccc5c4c3)c3ccc4oc5ccc6ccccc6c5c4c3)cc12. The molecule has 0 spiro atoms. The molecule has 0 amide bonds. The van der Waals surface area contributed by atoms with Crippen molar-refractivity contribution in [3.8, 4) is 0 Å². The van der Waals surface area contributed by atoms with Crippen LogP contribution in [0, 0.1) is 0 Å². The van der Waals surface area contributed by atoms with Gasteiger partial charge in [0.15, 0.2) is 0 Å². The van der Waals surface area contributed by atoms with Crippen molar-refractivity contribution in [2.45, 2.75) is 0 Å². The zero-order chi connectivity index (χ0) is 32.1. The van der Waals surface area contributed by atoms with Gasteiger partial charge in [-0.05, 0) is 97.7 Å². The fourth-order valence-electron chi connectivity index (χ4n) is 7.88. The number of benzene rings is 9. The average Bonchev–Trinajstić information content (AvgIpc) is 3.73. The van der Waals surface area contributed by atoms with Crippen LogP contribution in [0.15, 0.2) is 168 Å². The first-order valence-electron chi connectivity index (χ1n) is 16.7. The summed E-state index contributed by atoms with van der Waals surface area (Å²) < 4.78 is 9.06. The van der Waals surface area contributed by atoms with E-state index in [4.69, 9.17) is 4.42 Å². The van der Waals surface area contributed by atoms with Crippen LogP contribution in [0.2, 0.25) is 0 Å². The Kier molecular flexibility index (Phi) is 5.57. The lowest BCUT2D eigenvalue weighted by Gasteiger charge is -2.26. The van der Waals surface area contributed by atoms with Gasteiger partial charge in [-0.25, -0.2) is 0 Å². The molecule has 0 aliphatic carbocycles. The number of hydrogen-bond acceptors (Lipinski definition) is 3. The van der Waals surface area contributed by atoms with Crippen LogP contribution < -0.4 is 4.90 Å². The first kappa shape index (κ1) is 26.9. The fraction of sp³-hybridized carbons (Fsp3) is 0. The van der Waals surface area contributed by atoms with Gasteiger partial charge >= 0.3 is 0 Å². The molecule has 0 radical (unpaired) electrons. The Morgan fingerprint density at radius 2 is 0.898 bits per heavy atom. The van der Waals surface area contributed by atoms with Crippen LogP contribution in [-0.4, -0.2) is 0 Å². The van der Waals surface area contributed by atoms with E-state index in [-0.39, 0.29) is 0 Å². The molecule has 0 aliphatic rings. The maximum Gasteiger partial charge on any atom is 0.136 e. The molecule has 228 valence electrons. The third kappa shape index (κ3) is 4.00. The summed E-state index contributed by atoms with van der Waals surface area (Å²) >= 11 is 1.88. The summed E-state index contributed by atoms with van der Waals surface area (Å²) in [5.74, 6) is 0. The largest absolute Gasteiger partial charge is 0.456 e. The maximum absolute atomic E-state index is 6.43. The number of rotatable bonds is 3. The molecule has 2 nitrogen and oxygen atoms in total. The summed E-state index contributed by atoms with van der Waals surface area (Å²) in [4.78, 5) is 2.41. The standard InChI is InChI=1S/C46H27NOS/c1-4-10-35-28(7-1)13-14-31-15-18-32(25-39(31)35)47(33-19-23-42-41(27-33)45-36-11-5-2-8-29(36)17-22-43(45)48-42)34-20-24-44-40(26-34)38-21-16-30-9-3-6-12-37(30)46(38)49-44/h1-27H. The van der Waals surface area contributed by atoms with Gasteiger partial charge < -0.3 is 9.32 Å². The number of hydrogen-bond donors (Lipinski definition) is 0. The van der Waals surface area contributed by atoms with Crippen molar-refractivity contribution in [2.24, 2.45) is 0 Å². The Morgan fingerprint density at radius 1 is 0.367 bits per heavy atom. The van der Waals surface area contributed by atoms with Gasteiger partial charge in [-0.1, -0.05) is 109 Å². The van der Waals surface area contributed by atoms with Gasteiger partial charge in [-0.15, -0.1) is 11.3 Å². The van der Waals surface area contributed by atoms with Gasteiger partial charge in [0.2, 0.25) is 0 Å². The molecule has 11 rings (SSSR count). The lowest BCUT2D eigenvalue weighted by Crippen LogP contribution is -2.09. The topological polar surface area (TPSA) is 16.4 Å². The molecule has 49 heavy (non-hydrogen) atoms. The van der Waals surface area contributed by atoms with Crippen LogP contribution in [0.3, 0.4) is 0 Å². The number of furan rings is 1. The van der Waals surface area contributed by atoms with Gasteiger partial charge in [0.05, 0.1) is 0 Å². The van der Waals surface area contributed by atoms with Gasteiger partial charge in [-0.3, -0.25) is 0 Å². The quantitative estimate of drug-likeness (QED) is 0.179. The fourth-order valence-corrected chi connectivity index (χ4v) is 9.10. The summed E-state index contributed by atoms with van der Waals surface area (Å²) in [5, 5.41) is 14.8. The van der Waals surface area contributed by atoms with Crippen molar-refractivity contribution in [3.05, 3.63) is 164 Å². The Balaban J connectivity index is 1.20. The lowest BCUT2D eigenvalue weighted by atomic mass is 10.0. The van der Waals surface area contributed by atoms with Crippen molar-refractivity contribution < 1.29 is 4.42 Å². The molecule has 0 fully saturated rings. The molecule has 2 aromatic heterocycles. The highest BCUT2D eigenvalue weighted by Gasteiger charge is 2.19. The predicted octanol–water partition coefficient (Wildman–Crippen LogP) is 14.0. The minimum Gasteiger partial charge on any atom is -0.456 e. The molecule has 9 aromatic carbocycles. The van der Waals surface area contributed by atoms with Gasteiger partial charge in [0.25, 0.3) is 0 Å². The minimum atomic E-state index is 0.894. The zero-order valence-electron chi connectivity index (χ0n) is 26.4. The van der Waals surface area contributed by atoms with E-state index in [1.807, 2.05) is 11.3 Å². The summed E-state index contributed by atoms with van der Waals surface area (Å²) in [6.07, 6.45) is 0. The van der Waals surface area contributed by atoms with Crippen LogP contribution in [0.5, 0.6) is 0 Å². The second-order valence-corrected chi connectivity index (χ2v) is 14.0. The zero-order valence-corrected chi connectivity index (χ0v) is 27.2. The molecule has 0 saturated heterocycles. The van der Waals surface area contributed by atoms with Crippen molar-refractivity contribution in [2.75, 3.05) is 4.90 Å². The molecule has 11 aromatic rings. The lowest BCUT2D eigenvalue weighted by molar-refractivity contribution is 0.669. The maximum atomic E-state index is 6.43. The Labute approximate surface area is 285 Å². The molecule has 0 N–H and O–H groups in total. The van der Waals surface area contributed by atoms with Gasteiger partial charge in [0, 0.05) is 48.0 Å². The first-order valence-corrected chi connectivity index (χ1v) is 17.5. The molecule has 0 aliphatic heterocycles. The van der Waals surface area contributed by atoms with Crippen LogP contribution in [-0.2, 0) is 0 Å². The molecule has 0 unspecified atom stereocenters. The minimum absolute atomic E-state index is 0.894. The Hall–Kier alpha value is -6.16. The molecule has 0 atom stereocenters. The van der Waals surface area contributed by atoms with Crippen LogP contribution in [0.1, 0.15) is 0 Å². The molecular weight excluding hydrogens is 615 g/mol. The van der Waals surface area contributed by atoms with Crippen molar-refractivity contribution in [1.29, 1.82) is 0 Å². The summed E-state index contributed by atoms with van der Waals surface area (Å²) in [7, 11) is 0. The van der Waals surface area contributed by atoms with E-state index in [0.29, 0.717) is 0 Å². The number of fused-ring (bicyclic) bond motifs is 13. The highest BCUT2D eigenvalue weighted by Crippen LogP contribution is 2.45. The highest BCUT2D eigenvalue weighted by molar-refractivity contribution is 7.26. The van der Waals surface area contributed by atoms with Crippen LogP contribution in [0.25, 0.3) is 85.2 Å². The number of thiophene rings is 1. The van der Waals surface area contributed by atoms with Gasteiger partial charge in [-0.2, -0.15) is 0 Å². The van der Waals surface area contributed by atoms with Crippen LogP contribution in [0.4, 0.5) is 17.1 Å². The smallest absolute Gasteiger partial charge is 0.136 e. The molecule has 3 heteroatoms. The third-order valence-corrected chi connectivity index (χ3v) is 11.4. The normalized spacial score (nSPS) is 12.1. The average molecular weight is 642 g/mol. The first-order chi connectivity index (χ1) is 24.3. The molecule has 0 saturated carbocycles. The number of anilines is 3. The second-order valence-electron chi connectivity index (χ2n) is 12.9. The van der Waals surface area contributed by atoms with Gasteiger partial charge in [0.1, 0.15) is 11.2 Å². The monoisotopic (exact) mass is 641 g/mol. The number of nitrogens with zero attached hydrogens (tertiary/aromatic N) is 1. The molecular formula is C46H27NOS. The van der Waals surface area contributed by atoms with E-state index < -0.39 is 0 Å². The highest BCUT2D eigenvalue weighted by atomic mass is 32.1. The second kappa shape index (κ2) is 10.2. The van der Waals surface area contributed by atoms with E-state index in [0.717, 1.165) is 39.0 Å². The van der Waals surface area contributed by atoms with Crippen molar-refractivity contribution in [1.82, 2.24) is 0 Å². The Morgan fingerprint density at radius 3 is 1.71 bits per heavy atom. The van der Waals surface area contributed by atoms with E-state index in [2.05, 4.69) is 169 Å². The molecule has 2 heterocycles. The molecule has 0 bridgehead atoms. The van der Waals surface area contributed by atoms with Crippen molar-refractivity contribution in [3.63, 3.8) is 0 Å². The van der Waals surface area contributed by atoms with Crippen molar-refractivity contribution >= 4 is 114 Å².